The van der Waals surface area contributed by atoms with E-state index in [1.807, 2.05) is 44.2 Å². The molecule has 4 heterocycles. The van der Waals surface area contributed by atoms with Crippen molar-refractivity contribution < 1.29 is 19.1 Å². The quantitative estimate of drug-likeness (QED) is 0.799. The minimum atomic E-state index is -0.672. The SMILES string of the molecule is COc1ccc2sc(NC(=O)[C@H]3[C@H]4C(=O)N(C(C)C)C[C@@]45C=C[C@H]3O5)nc2c1. The van der Waals surface area contributed by atoms with Crippen molar-refractivity contribution in [2.45, 2.75) is 31.6 Å². The smallest absolute Gasteiger partial charge is 0.233 e. The molecule has 0 aliphatic carbocycles. The number of benzene rings is 1. The normalized spacial score (nSPS) is 30.5. The minimum absolute atomic E-state index is 0.00367. The fraction of sp³-hybridized carbons (Fsp3) is 0.450. The number of methoxy groups -OCH3 is 1. The van der Waals surface area contributed by atoms with Gasteiger partial charge in [-0.3, -0.25) is 9.59 Å². The van der Waals surface area contributed by atoms with Gasteiger partial charge in [0.05, 0.1) is 41.8 Å². The lowest BCUT2D eigenvalue weighted by Crippen LogP contribution is -2.42. The monoisotopic (exact) mass is 399 g/mol. The van der Waals surface area contributed by atoms with Gasteiger partial charge in [-0.1, -0.05) is 23.5 Å². The van der Waals surface area contributed by atoms with Gasteiger partial charge >= 0.3 is 0 Å². The average molecular weight is 399 g/mol. The summed E-state index contributed by atoms with van der Waals surface area (Å²) in [6.07, 6.45) is 3.52. The van der Waals surface area contributed by atoms with Crippen LogP contribution in [0.3, 0.4) is 0 Å². The van der Waals surface area contributed by atoms with Crippen molar-refractivity contribution in [3.05, 3.63) is 30.4 Å². The van der Waals surface area contributed by atoms with Crippen LogP contribution in [0.1, 0.15) is 13.8 Å². The van der Waals surface area contributed by atoms with E-state index in [0.717, 1.165) is 16.0 Å². The number of likely N-dealkylation sites (tertiary alicyclic amines) is 1. The van der Waals surface area contributed by atoms with Gasteiger partial charge in [0.1, 0.15) is 11.4 Å². The van der Waals surface area contributed by atoms with E-state index in [-0.39, 0.29) is 24.0 Å². The molecule has 1 aromatic heterocycles. The zero-order valence-electron chi connectivity index (χ0n) is 15.8. The Hall–Kier alpha value is -2.45. The fourth-order valence-electron chi connectivity index (χ4n) is 4.54. The lowest BCUT2D eigenvalue weighted by Gasteiger charge is -2.24. The highest BCUT2D eigenvalue weighted by atomic mass is 32.1. The molecule has 0 unspecified atom stereocenters. The molecule has 4 atom stereocenters. The molecule has 2 bridgehead atoms. The highest BCUT2D eigenvalue weighted by Crippen LogP contribution is 2.52. The van der Waals surface area contributed by atoms with Gasteiger partial charge in [-0.15, -0.1) is 0 Å². The number of carbonyl (C=O) groups is 2. The van der Waals surface area contributed by atoms with Crippen LogP contribution >= 0.6 is 11.3 Å². The summed E-state index contributed by atoms with van der Waals surface area (Å²) in [6.45, 7) is 4.47. The van der Waals surface area contributed by atoms with Gasteiger partial charge in [0.2, 0.25) is 11.8 Å². The molecule has 146 valence electrons. The Bertz CT molecular complexity index is 1020. The van der Waals surface area contributed by atoms with Crippen LogP contribution in [0.25, 0.3) is 10.2 Å². The average Bonchev–Trinajstić information content (AvgIpc) is 3.39. The summed E-state index contributed by atoms with van der Waals surface area (Å²) in [5.41, 5.74) is 0.0951. The van der Waals surface area contributed by atoms with Gasteiger partial charge in [0, 0.05) is 12.1 Å². The van der Waals surface area contributed by atoms with E-state index in [2.05, 4.69) is 10.3 Å². The van der Waals surface area contributed by atoms with E-state index in [4.69, 9.17) is 9.47 Å². The first-order chi connectivity index (χ1) is 13.4. The maximum Gasteiger partial charge on any atom is 0.233 e. The topological polar surface area (TPSA) is 80.8 Å². The third-order valence-electron chi connectivity index (χ3n) is 5.88. The summed E-state index contributed by atoms with van der Waals surface area (Å²) in [4.78, 5) is 32.4. The van der Waals surface area contributed by atoms with Gasteiger partial charge in [-0.05, 0) is 26.0 Å². The van der Waals surface area contributed by atoms with E-state index in [9.17, 15) is 9.59 Å². The second kappa shape index (κ2) is 6.02. The fourth-order valence-corrected chi connectivity index (χ4v) is 5.39. The molecule has 2 saturated heterocycles. The molecule has 8 heteroatoms. The highest BCUT2D eigenvalue weighted by molar-refractivity contribution is 7.22. The Morgan fingerprint density at radius 2 is 2.29 bits per heavy atom. The summed E-state index contributed by atoms with van der Waals surface area (Å²) in [6, 6.07) is 5.69. The highest BCUT2D eigenvalue weighted by Gasteiger charge is 2.67. The lowest BCUT2D eigenvalue weighted by molar-refractivity contribution is -0.136. The van der Waals surface area contributed by atoms with Gasteiger partial charge in [-0.2, -0.15) is 0 Å². The Balaban J connectivity index is 1.41. The second-order valence-electron chi connectivity index (χ2n) is 7.80. The summed E-state index contributed by atoms with van der Waals surface area (Å²) >= 11 is 1.40. The number of hydrogen-bond acceptors (Lipinski definition) is 6. The molecule has 1 aromatic carbocycles. The number of amides is 2. The zero-order valence-corrected chi connectivity index (χ0v) is 16.7. The van der Waals surface area contributed by atoms with Crippen LogP contribution in [0.2, 0.25) is 0 Å². The van der Waals surface area contributed by atoms with Crippen LogP contribution in [0, 0.1) is 11.8 Å². The Kier molecular flexibility index (Phi) is 3.79. The first-order valence-corrected chi connectivity index (χ1v) is 10.2. The number of thiazole rings is 1. The summed E-state index contributed by atoms with van der Waals surface area (Å²) in [5, 5.41) is 3.43. The summed E-state index contributed by atoms with van der Waals surface area (Å²) in [7, 11) is 1.60. The molecule has 1 N–H and O–H groups in total. The molecular formula is C20H21N3O4S. The van der Waals surface area contributed by atoms with Crippen LogP contribution in [-0.2, 0) is 14.3 Å². The van der Waals surface area contributed by atoms with Crippen LogP contribution in [0.15, 0.2) is 30.4 Å². The van der Waals surface area contributed by atoms with Crippen molar-refractivity contribution in [1.29, 1.82) is 0 Å². The van der Waals surface area contributed by atoms with E-state index in [1.165, 1.54) is 11.3 Å². The molecule has 2 amide bonds. The van der Waals surface area contributed by atoms with Crippen molar-refractivity contribution in [1.82, 2.24) is 9.88 Å². The molecule has 0 radical (unpaired) electrons. The molecule has 7 nitrogen and oxygen atoms in total. The van der Waals surface area contributed by atoms with E-state index in [1.54, 1.807) is 12.0 Å². The number of fused-ring (bicyclic) bond motifs is 2. The maximum atomic E-state index is 13.1. The number of rotatable bonds is 4. The number of nitrogens with one attached hydrogen (secondary N) is 1. The van der Waals surface area contributed by atoms with Crippen molar-refractivity contribution >= 4 is 38.5 Å². The number of carbonyl (C=O) groups excluding carboxylic acids is 2. The molecule has 2 fully saturated rings. The van der Waals surface area contributed by atoms with Gasteiger partial charge in [0.15, 0.2) is 5.13 Å². The van der Waals surface area contributed by atoms with Crippen LogP contribution in [0.5, 0.6) is 5.75 Å². The predicted molar refractivity (Wildman–Crippen MR) is 105 cm³/mol. The summed E-state index contributed by atoms with van der Waals surface area (Å²) in [5.74, 6) is -0.515. The molecule has 0 saturated carbocycles. The Labute approximate surface area is 166 Å². The van der Waals surface area contributed by atoms with Crippen LogP contribution < -0.4 is 10.1 Å². The van der Waals surface area contributed by atoms with Crippen molar-refractivity contribution in [3.63, 3.8) is 0 Å². The standard InChI is InChI=1S/C20H21N3O4S/c1-10(2)23-9-20-7-6-13(27-20)15(16(20)18(23)25)17(24)22-19-21-12-8-11(26-3)4-5-14(12)28-19/h4-8,10,13,15-16H,9H2,1-3H3,(H,21,22,24)/t13-,15-,16+,20+/m1/s1. The second-order valence-corrected chi connectivity index (χ2v) is 8.83. The van der Waals surface area contributed by atoms with Gasteiger partial charge in [-0.25, -0.2) is 4.98 Å². The largest absolute Gasteiger partial charge is 0.497 e. The third kappa shape index (κ3) is 2.41. The van der Waals surface area contributed by atoms with E-state index < -0.39 is 17.4 Å². The third-order valence-corrected chi connectivity index (χ3v) is 6.83. The van der Waals surface area contributed by atoms with Crippen LogP contribution in [-0.4, -0.2) is 53.1 Å². The van der Waals surface area contributed by atoms with Crippen molar-refractivity contribution in [3.8, 4) is 5.75 Å². The lowest BCUT2D eigenvalue weighted by atomic mass is 9.77. The number of aromatic nitrogens is 1. The summed E-state index contributed by atoms with van der Waals surface area (Å²) < 4.78 is 12.3. The molecule has 1 spiro atoms. The van der Waals surface area contributed by atoms with Crippen molar-refractivity contribution in [2.75, 3.05) is 19.0 Å². The Morgan fingerprint density at radius 1 is 1.46 bits per heavy atom. The molecule has 28 heavy (non-hydrogen) atoms. The van der Waals surface area contributed by atoms with Gasteiger partial charge < -0.3 is 19.7 Å². The van der Waals surface area contributed by atoms with Crippen molar-refractivity contribution in [2.24, 2.45) is 11.8 Å². The van der Waals surface area contributed by atoms with E-state index >= 15 is 0 Å². The molecular weight excluding hydrogens is 378 g/mol. The molecule has 3 aliphatic heterocycles. The number of ether oxygens (including phenoxy) is 2. The molecule has 2 aromatic rings. The number of anilines is 1. The predicted octanol–water partition coefficient (Wildman–Crippen LogP) is 2.43. The zero-order chi connectivity index (χ0) is 19.6. The first kappa shape index (κ1) is 17.6. The maximum absolute atomic E-state index is 13.1. The minimum Gasteiger partial charge on any atom is -0.497 e. The van der Waals surface area contributed by atoms with Gasteiger partial charge in [0.25, 0.3) is 0 Å². The molecule has 3 aliphatic rings. The first-order valence-electron chi connectivity index (χ1n) is 9.35. The molecule has 5 rings (SSSR count). The number of nitrogens with zero attached hydrogens (tertiary/aromatic N) is 2. The van der Waals surface area contributed by atoms with E-state index in [0.29, 0.717) is 11.7 Å². The van der Waals surface area contributed by atoms with Crippen LogP contribution in [0.4, 0.5) is 5.13 Å². The number of hydrogen-bond donors (Lipinski definition) is 1. The Morgan fingerprint density at radius 3 is 3.04 bits per heavy atom.